The molecule has 0 spiro atoms. The molecule has 2 heterocycles. The van der Waals surface area contributed by atoms with Crippen molar-refractivity contribution in [3.8, 4) is 11.5 Å². The summed E-state index contributed by atoms with van der Waals surface area (Å²) in [5, 5.41) is 21.0. The monoisotopic (exact) mass is 477 g/mol. The zero-order chi connectivity index (χ0) is 24.9. The average Bonchev–Trinajstić information content (AvgIpc) is 3.40. The molecule has 4 aromatic rings. The Balaban J connectivity index is 1.69. The number of aromatic hydroxyl groups is 1. The number of fused-ring (bicyclic) bond motifs is 1. The summed E-state index contributed by atoms with van der Waals surface area (Å²) in [4.78, 5) is 27.5. The number of ketones is 1. The predicted molar refractivity (Wildman–Crippen MR) is 121 cm³/mol. The number of amides is 1. The quantitative estimate of drug-likeness (QED) is 0.383. The van der Waals surface area contributed by atoms with Gasteiger partial charge in [0.1, 0.15) is 17.4 Å². The summed E-state index contributed by atoms with van der Waals surface area (Å²) in [7, 11) is 1.44. The van der Waals surface area contributed by atoms with Crippen LogP contribution in [0.15, 0.2) is 82.5 Å². The van der Waals surface area contributed by atoms with E-state index in [-0.39, 0.29) is 28.2 Å². The normalized spacial score (nSPS) is 15.8. The third kappa shape index (κ3) is 3.57. The number of phenols is 1. The van der Waals surface area contributed by atoms with Crippen LogP contribution in [0.1, 0.15) is 22.2 Å². The van der Waals surface area contributed by atoms with E-state index in [1.165, 1.54) is 37.4 Å². The van der Waals surface area contributed by atoms with Crippen molar-refractivity contribution in [3.05, 3.63) is 101 Å². The van der Waals surface area contributed by atoms with Gasteiger partial charge in [0.2, 0.25) is 5.78 Å². The molecule has 0 saturated carbocycles. The average molecular weight is 477 g/mol. The van der Waals surface area contributed by atoms with E-state index in [0.29, 0.717) is 11.1 Å². The number of para-hydroxylation sites is 1. The number of ether oxygens (including phenoxy) is 1. The zero-order valence-corrected chi connectivity index (χ0v) is 18.2. The standard InChI is InChI=1S/C26H17F2NO6/c1-34-19-4-2-3-14-11-20(35-25(14)19)23(31)21-22(13-5-8-16(30)9-6-13)29(26(33)24(21)32)18-12-15(27)7-10-17(18)28/h2-12,22,30,32H,1H3. The Bertz CT molecular complexity index is 1520. The highest BCUT2D eigenvalue weighted by Crippen LogP contribution is 2.43. The molecule has 5 rings (SSSR count). The number of aliphatic hydroxyl groups excluding tert-OH is 1. The topological polar surface area (TPSA) is 100 Å². The molecule has 1 amide bonds. The number of anilines is 1. The second kappa shape index (κ2) is 8.28. The number of aliphatic hydroxyl groups is 1. The Hall–Kier alpha value is -4.66. The van der Waals surface area contributed by atoms with Gasteiger partial charge in [-0.3, -0.25) is 14.5 Å². The third-order valence-corrected chi connectivity index (χ3v) is 5.78. The van der Waals surface area contributed by atoms with Crippen LogP contribution >= 0.6 is 0 Å². The fourth-order valence-corrected chi connectivity index (χ4v) is 4.17. The lowest BCUT2D eigenvalue weighted by Gasteiger charge is -2.27. The van der Waals surface area contributed by atoms with E-state index in [0.717, 1.165) is 23.1 Å². The summed E-state index contributed by atoms with van der Waals surface area (Å²) in [5.74, 6) is -4.50. The van der Waals surface area contributed by atoms with Gasteiger partial charge in [0.25, 0.3) is 5.91 Å². The lowest BCUT2D eigenvalue weighted by molar-refractivity contribution is -0.117. The molecule has 0 aliphatic carbocycles. The third-order valence-electron chi connectivity index (χ3n) is 5.78. The maximum atomic E-state index is 14.7. The number of carbonyl (C=O) groups excluding carboxylic acids is 2. The van der Waals surface area contributed by atoms with Gasteiger partial charge in [-0.15, -0.1) is 0 Å². The van der Waals surface area contributed by atoms with Crippen LogP contribution in [0.3, 0.4) is 0 Å². The van der Waals surface area contributed by atoms with Crippen LogP contribution in [-0.2, 0) is 4.79 Å². The van der Waals surface area contributed by atoms with Crippen molar-refractivity contribution in [1.82, 2.24) is 0 Å². The van der Waals surface area contributed by atoms with E-state index < -0.39 is 40.8 Å². The Kier molecular flexibility index (Phi) is 5.24. The molecular weight excluding hydrogens is 460 g/mol. The number of rotatable bonds is 5. The van der Waals surface area contributed by atoms with Crippen LogP contribution in [0.5, 0.6) is 11.5 Å². The van der Waals surface area contributed by atoms with Crippen molar-refractivity contribution < 1.29 is 37.7 Å². The SMILES string of the molecule is COc1cccc2cc(C(=O)C3=C(O)C(=O)N(c4cc(F)ccc4F)C3c3ccc(O)cc3)oc12. The molecule has 7 nitrogen and oxygen atoms in total. The zero-order valence-electron chi connectivity index (χ0n) is 18.2. The van der Waals surface area contributed by atoms with E-state index in [9.17, 15) is 28.6 Å². The first-order chi connectivity index (χ1) is 16.8. The van der Waals surface area contributed by atoms with Crippen LogP contribution in [0.25, 0.3) is 11.0 Å². The van der Waals surface area contributed by atoms with Gasteiger partial charge in [-0.25, -0.2) is 8.78 Å². The minimum absolute atomic E-state index is 0.0907. The first kappa shape index (κ1) is 22.1. The molecule has 3 aromatic carbocycles. The number of hydrogen-bond acceptors (Lipinski definition) is 6. The lowest BCUT2D eigenvalue weighted by Crippen LogP contribution is -2.31. The Morgan fingerprint density at radius 2 is 1.77 bits per heavy atom. The van der Waals surface area contributed by atoms with Gasteiger partial charge in [-0.2, -0.15) is 0 Å². The molecule has 2 N–H and O–H groups in total. The van der Waals surface area contributed by atoms with Crippen molar-refractivity contribution >= 4 is 28.3 Å². The van der Waals surface area contributed by atoms with Crippen LogP contribution in [0.2, 0.25) is 0 Å². The molecule has 1 aromatic heterocycles. The number of phenolic OH excluding ortho intramolecular Hbond substituents is 1. The number of halogens is 2. The molecule has 0 saturated heterocycles. The van der Waals surface area contributed by atoms with E-state index in [1.54, 1.807) is 18.2 Å². The fourth-order valence-electron chi connectivity index (χ4n) is 4.17. The first-order valence-corrected chi connectivity index (χ1v) is 10.4. The van der Waals surface area contributed by atoms with Crippen molar-refractivity contribution in [3.63, 3.8) is 0 Å². The van der Waals surface area contributed by atoms with Crippen LogP contribution < -0.4 is 9.64 Å². The van der Waals surface area contributed by atoms with Crippen molar-refractivity contribution in [1.29, 1.82) is 0 Å². The number of carbonyl (C=O) groups is 2. The summed E-state index contributed by atoms with van der Waals surface area (Å²) in [5.41, 5.74) is -0.297. The highest BCUT2D eigenvalue weighted by molar-refractivity contribution is 6.20. The van der Waals surface area contributed by atoms with Gasteiger partial charge < -0.3 is 19.4 Å². The maximum Gasteiger partial charge on any atom is 0.294 e. The molecule has 0 fully saturated rings. The van der Waals surface area contributed by atoms with Gasteiger partial charge in [-0.1, -0.05) is 24.3 Å². The fraction of sp³-hybridized carbons (Fsp3) is 0.0769. The molecule has 176 valence electrons. The molecule has 1 atom stereocenters. The minimum atomic E-state index is -1.33. The van der Waals surface area contributed by atoms with Gasteiger partial charge in [-0.05, 0) is 42.0 Å². The number of furan rings is 1. The Morgan fingerprint density at radius 1 is 1.03 bits per heavy atom. The molecule has 0 radical (unpaired) electrons. The molecule has 1 aliphatic rings. The Labute approximate surface area is 197 Å². The van der Waals surface area contributed by atoms with E-state index in [4.69, 9.17) is 9.15 Å². The summed E-state index contributed by atoms with van der Waals surface area (Å²) < 4.78 is 39.7. The van der Waals surface area contributed by atoms with E-state index in [1.807, 2.05) is 0 Å². The molecule has 35 heavy (non-hydrogen) atoms. The molecule has 1 aliphatic heterocycles. The maximum absolute atomic E-state index is 14.7. The summed E-state index contributed by atoms with van der Waals surface area (Å²) in [6, 6.07) is 13.1. The van der Waals surface area contributed by atoms with Crippen LogP contribution in [-0.4, -0.2) is 29.0 Å². The van der Waals surface area contributed by atoms with Crippen molar-refractivity contribution in [2.24, 2.45) is 0 Å². The minimum Gasteiger partial charge on any atom is -0.508 e. The number of benzene rings is 3. The molecule has 1 unspecified atom stereocenters. The first-order valence-electron chi connectivity index (χ1n) is 10.4. The van der Waals surface area contributed by atoms with Gasteiger partial charge in [0, 0.05) is 11.5 Å². The van der Waals surface area contributed by atoms with Crippen molar-refractivity contribution in [2.45, 2.75) is 6.04 Å². The van der Waals surface area contributed by atoms with E-state index >= 15 is 0 Å². The smallest absolute Gasteiger partial charge is 0.294 e. The molecule has 9 heteroatoms. The van der Waals surface area contributed by atoms with Gasteiger partial charge >= 0.3 is 0 Å². The molecular formula is C26H17F2NO6. The van der Waals surface area contributed by atoms with Crippen molar-refractivity contribution in [2.75, 3.05) is 12.0 Å². The second-order valence-electron chi connectivity index (χ2n) is 7.85. The highest BCUT2D eigenvalue weighted by Gasteiger charge is 2.46. The predicted octanol–water partition coefficient (Wildman–Crippen LogP) is 5.21. The number of nitrogens with zero attached hydrogens (tertiary/aromatic N) is 1. The summed E-state index contributed by atoms with van der Waals surface area (Å²) in [6.07, 6.45) is 0. The largest absolute Gasteiger partial charge is 0.508 e. The molecule has 0 bridgehead atoms. The lowest BCUT2D eigenvalue weighted by atomic mass is 9.94. The Morgan fingerprint density at radius 3 is 2.49 bits per heavy atom. The number of methoxy groups -OCH3 is 1. The van der Waals surface area contributed by atoms with Gasteiger partial charge in [0.05, 0.1) is 24.4 Å². The highest BCUT2D eigenvalue weighted by atomic mass is 19.1. The van der Waals surface area contributed by atoms with Gasteiger partial charge in [0.15, 0.2) is 22.9 Å². The van der Waals surface area contributed by atoms with E-state index in [2.05, 4.69) is 0 Å². The van der Waals surface area contributed by atoms with Crippen LogP contribution in [0, 0.1) is 11.6 Å². The number of hydrogen-bond donors (Lipinski definition) is 2. The summed E-state index contributed by atoms with van der Waals surface area (Å²) in [6.45, 7) is 0. The second-order valence-corrected chi connectivity index (χ2v) is 7.85. The summed E-state index contributed by atoms with van der Waals surface area (Å²) >= 11 is 0. The number of Topliss-reactive ketones (excluding diaryl/α,β-unsaturated/α-hetero) is 1. The van der Waals surface area contributed by atoms with Crippen LogP contribution in [0.4, 0.5) is 14.5 Å².